The topological polar surface area (TPSA) is 117 Å². The Balaban J connectivity index is 1.56. The molecule has 0 unspecified atom stereocenters. The highest BCUT2D eigenvalue weighted by atomic mass is 32.2. The summed E-state index contributed by atoms with van der Waals surface area (Å²) in [5.74, 6) is 0. The van der Waals surface area contributed by atoms with E-state index in [2.05, 4.69) is 21.2 Å². The van der Waals surface area contributed by atoms with Crippen molar-refractivity contribution in [2.45, 2.75) is 64.4 Å². The van der Waals surface area contributed by atoms with Crippen LogP contribution in [0, 0.1) is 0 Å². The van der Waals surface area contributed by atoms with E-state index in [0.717, 1.165) is 59.6 Å². The lowest BCUT2D eigenvalue weighted by molar-refractivity contribution is 0.0740. The summed E-state index contributed by atoms with van der Waals surface area (Å²) in [4.78, 5) is 12.9. The van der Waals surface area contributed by atoms with Crippen LogP contribution in [0.1, 0.15) is 55.4 Å². The number of aryl methyl sites for hydroxylation is 3. The molecular formula is C22H31N5O4S. The van der Waals surface area contributed by atoms with Crippen molar-refractivity contribution in [3.63, 3.8) is 0 Å². The predicted molar refractivity (Wildman–Crippen MR) is 123 cm³/mol. The molecule has 1 aromatic heterocycles. The number of aliphatic hydroxyl groups is 1. The van der Waals surface area contributed by atoms with Crippen molar-refractivity contribution < 1.29 is 18.3 Å². The van der Waals surface area contributed by atoms with Crippen molar-refractivity contribution in [2.75, 3.05) is 16.2 Å². The van der Waals surface area contributed by atoms with Gasteiger partial charge in [-0.15, -0.1) is 0 Å². The highest BCUT2D eigenvalue weighted by Crippen LogP contribution is 2.38. The highest BCUT2D eigenvalue weighted by molar-refractivity contribution is 7.91. The first-order valence-electron chi connectivity index (χ1n) is 11.0. The highest BCUT2D eigenvalue weighted by Gasteiger charge is 2.30. The fraction of sp³-hybridized carbons (Fsp3) is 0.545. The standard InChI is InChI=1S/C22H31N5O4S/c1-22(2,29)10-11-27(17-13-23-26(3)14-17)32(30,31)25-21(28)24-20-18-8-4-6-15(18)12-16-7-5-9-19(16)20/h12-14,29H,4-11H2,1-3H3,(H2,24,25,28). The number of hydrogen-bond acceptors (Lipinski definition) is 5. The number of benzene rings is 1. The summed E-state index contributed by atoms with van der Waals surface area (Å²) >= 11 is 0. The van der Waals surface area contributed by atoms with Crippen molar-refractivity contribution in [3.8, 4) is 0 Å². The van der Waals surface area contributed by atoms with E-state index < -0.39 is 21.8 Å². The monoisotopic (exact) mass is 461 g/mol. The SMILES string of the molecule is Cn1cc(N(CCC(C)(C)O)S(=O)(=O)NC(=O)Nc2c3c(cc4c2CCC4)CCC3)cn1. The number of urea groups is 1. The van der Waals surface area contributed by atoms with Gasteiger partial charge in [0, 0.05) is 25.5 Å². The van der Waals surface area contributed by atoms with E-state index in [1.54, 1.807) is 27.1 Å². The number of fused-ring (bicyclic) bond motifs is 2. The maximum Gasteiger partial charge on any atom is 0.334 e. The summed E-state index contributed by atoms with van der Waals surface area (Å²) in [6.07, 6.45) is 8.99. The molecule has 9 nitrogen and oxygen atoms in total. The second-order valence-electron chi connectivity index (χ2n) is 9.30. The molecule has 4 rings (SSSR count). The zero-order chi connectivity index (χ0) is 23.1. The Morgan fingerprint density at radius 2 is 1.81 bits per heavy atom. The number of nitrogens with one attached hydrogen (secondary N) is 2. The normalized spacial score (nSPS) is 15.4. The van der Waals surface area contributed by atoms with Crippen molar-refractivity contribution >= 4 is 27.6 Å². The Morgan fingerprint density at radius 1 is 1.19 bits per heavy atom. The van der Waals surface area contributed by atoms with Gasteiger partial charge >= 0.3 is 16.2 Å². The van der Waals surface area contributed by atoms with Crippen LogP contribution in [0.25, 0.3) is 0 Å². The predicted octanol–water partition coefficient (Wildman–Crippen LogP) is 2.43. The minimum atomic E-state index is -4.23. The van der Waals surface area contributed by atoms with Gasteiger partial charge in [-0.25, -0.2) is 9.52 Å². The molecular weight excluding hydrogens is 430 g/mol. The summed E-state index contributed by atoms with van der Waals surface area (Å²) in [5, 5.41) is 17.0. The number of amides is 2. The molecule has 0 aliphatic heterocycles. The van der Waals surface area contributed by atoms with Crippen LogP contribution in [0.4, 0.5) is 16.2 Å². The summed E-state index contributed by atoms with van der Waals surface area (Å²) in [6.45, 7) is 3.21. The second kappa shape index (κ2) is 8.40. The third-order valence-electron chi connectivity index (χ3n) is 6.13. The molecule has 2 amide bonds. The molecule has 174 valence electrons. The summed E-state index contributed by atoms with van der Waals surface area (Å²) in [5.41, 5.74) is 4.80. The maximum absolute atomic E-state index is 13.2. The lowest BCUT2D eigenvalue weighted by Crippen LogP contribution is -2.46. The van der Waals surface area contributed by atoms with Gasteiger partial charge in [-0.1, -0.05) is 6.07 Å². The van der Waals surface area contributed by atoms with Crippen molar-refractivity contribution in [1.29, 1.82) is 0 Å². The van der Waals surface area contributed by atoms with Gasteiger partial charge in [0.2, 0.25) is 0 Å². The van der Waals surface area contributed by atoms with Crippen LogP contribution >= 0.6 is 0 Å². The fourth-order valence-corrected chi connectivity index (χ4v) is 5.68. The van der Waals surface area contributed by atoms with Crippen LogP contribution in [-0.2, 0) is 42.9 Å². The third kappa shape index (κ3) is 4.75. The molecule has 10 heteroatoms. The van der Waals surface area contributed by atoms with Crippen LogP contribution in [0.5, 0.6) is 0 Å². The van der Waals surface area contributed by atoms with Gasteiger partial charge in [0.1, 0.15) is 0 Å². The molecule has 2 aliphatic carbocycles. The molecule has 0 saturated heterocycles. The molecule has 2 aliphatic rings. The largest absolute Gasteiger partial charge is 0.390 e. The molecule has 3 N–H and O–H groups in total. The molecule has 1 heterocycles. The van der Waals surface area contributed by atoms with Crippen molar-refractivity contribution in [2.24, 2.45) is 7.05 Å². The van der Waals surface area contributed by atoms with E-state index in [9.17, 15) is 18.3 Å². The van der Waals surface area contributed by atoms with Gasteiger partial charge in [-0.3, -0.25) is 8.99 Å². The zero-order valence-electron chi connectivity index (χ0n) is 18.8. The average molecular weight is 462 g/mol. The van der Waals surface area contributed by atoms with Gasteiger partial charge < -0.3 is 10.4 Å². The van der Waals surface area contributed by atoms with E-state index in [0.29, 0.717) is 5.69 Å². The average Bonchev–Trinajstić information content (AvgIpc) is 3.40. The van der Waals surface area contributed by atoms with E-state index in [1.807, 2.05) is 0 Å². The summed E-state index contributed by atoms with van der Waals surface area (Å²) in [6, 6.07) is 1.47. The number of nitrogens with zero attached hydrogens (tertiary/aromatic N) is 3. The second-order valence-corrected chi connectivity index (χ2v) is 10.9. The molecule has 0 spiro atoms. The van der Waals surface area contributed by atoms with Gasteiger partial charge in [-0.2, -0.15) is 13.5 Å². The minimum absolute atomic E-state index is 0.00601. The number of aromatic nitrogens is 2. The van der Waals surface area contributed by atoms with Gasteiger partial charge in [0.25, 0.3) is 0 Å². The number of rotatable bonds is 7. The first-order chi connectivity index (χ1) is 15.0. The number of carbonyl (C=O) groups is 1. The Morgan fingerprint density at radius 3 is 2.34 bits per heavy atom. The third-order valence-corrected chi connectivity index (χ3v) is 7.55. The number of hydrogen-bond donors (Lipinski definition) is 3. The molecule has 0 atom stereocenters. The number of carbonyl (C=O) groups excluding carboxylic acids is 1. The fourth-order valence-electron chi connectivity index (χ4n) is 4.58. The Labute approximate surface area is 189 Å². The van der Waals surface area contributed by atoms with Crippen LogP contribution in [0.3, 0.4) is 0 Å². The van der Waals surface area contributed by atoms with Gasteiger partial charge in [0.05, 0.1) is 17.5 Å². The van der Waals surface area contributed by atoms with Gasteiger partial charge in [0.15, 0.2) is 0 Å². The van der Waals surface area contributed by atoms with E-state index in [-0.39, 0.29) is 13.0 Å². The van der Waals surface area contributed by atoms with Crippen molar-refractivity contribution in [3.05, 3.63) is 40.7 Å². The summed E-state index contributed by atoms with van der Waals surface area (Å²) < 4.78 is 31.0. The molecule has 1 aromatic carbocycles. The van der Waals surface area contributed by atoms with Crippen molar-refractivity contribution in [1.82, 2.24) is 14.5 Å². The number of anilines is 2. The Hall–Kier alpha value is -2.59. The van der Waals surface area contributed by atoms with Crippen LogP contribution in [-0.4, -0.2) is 41.5 Å². The van der Waals surface area contributed by atoms with E-state index in [4.69, 9.17) is 0 Å². The molecule has 0 bridgehead atoms. The Bertz CT molecular complexity index is 1100. The molecule has 0 radical (unpaired) electrons. The maximum atomic E-state index is 13.2. The molecule has 32 heavy (non-hydrogen) atoms. The molecule has 2 aromatic rings. The quantitative estimate of drug-likeness (QED) is 0.586. The minimum Gasteiger partial charge on any atom is -0.390 e. The first-order valence-corrected chi connectivity index (χ1v) is 12.5. The smallest absolute Gasteiger partial charge is 0.334 e. The summed E-state index contributed by atoms with van der Waals surface area (Å²) in [7, 11) is -2.54. The lowest BCUT2D eigenvalue weighted by Gasteiger charge is -2.26. The molecule has 0 saturated carbocycles. The van der Waals surface area contributed by atoms with Gasteiger partial charge in [-0.05, 0) is 81.0 Å². The van der Waals surface area contributed by atoms with E-state index in [1.165, 1.54) is 22.0 Å². The van der Waals surface area contributed by atoms with E-state index >= 15 is 0 Å². The zero-order valence-corrected chi connectivity index (χ0v) is 19.6. The Kier molecular flexibility index (Phi) is 5.93. The molecule has 0 fully saturated rings. The van der Waals surface area contributed by atoms with Crippen LogP contribution in [0.15, 0.2) is 18.5 Å². The van der Waals surface area contributed by atoms with Crippen LogP contribution < -0.4 is 14.3 Å². The first kappa shape index (κ1) is 22.6. The lowest BCUT2D eigenvalue weighted by atomic mass is 9.99. The van der Waals surface area contributed by atoms with Crippen LogP contribution in [0.2, 0.25) is 0 Å².